The molecule has 0 amide bonds. The molecular formula is C9H11NS. The Labute approximate surface area is 72.2 Å². The molecule has 11 heavy (non-hydrogen) atoms. The van der Waals surface area contributed by atoms with Crippen LogP contribution in [0.25, 0.3) is 0 Å². The molecule has 0 unspecified atom stereocenters. The van der Waals surface area contributed by atoms with E-state index in [-0.39, 0.29) is 0 Å². The Kier molecular flexibility index (Phi) is 1.78. The first kappa shape index (κ1) is 7.04. The van der Waals surface area contributed by atoms with Crippen molar-refractivity contribution in [2.24, 2.45) is 0 Å². The molecule has 0 radical (unpaired) electrons. The first-order valence-corrected chi connectivity index (χ1v) is 4.46. The number of fused-ring (bicyclic) bond motifs is 1. The molecule has 0 aromatic carbocycles. The molecule has 1 heterocycles. The molecule has 0 saturated carbocycles. The van der Waals surface area contributed by atoms with Gasteiger partial charge in [0.25, 0.3) is 0 Å². The predicted molar refractivity (Wildman–Crippen MR) is 50.6 cm³/mol. The lowest BCUT2D eigenvalue weighted by atomic mass is 9.93. The molecule has 2 rings (SSSR count). The van der Waals surface area contributed by atoms with Crippen LogP contribution in [-0.2, 0) is 0 Å². The Bertz CT molecular complexity index is 250. The number of nitrogens with one attached hydrogen (secondary N) is 1. The van der Waals surface area contributed by atoms with Gasteiger partial charge < -0.3 is 5.32 Å². The summed E-state index contributed by atoms with van der Waals surface area (Å²) in [5, 5.41) is 3.20. The second-order valence-corrected chi connectivity index (χ2v) is 3.34. The zero-order chi connectivity index (χ0) is 7.68. The first-order valence-electron chi connectivity index (χ1n) is 4.06. The van der Waals surface area contributed by atoms with Crippen LogP contribution in [0.1, 0.15) is 19.3 Å². The van der Waals surface area contributed by atoms with Crippen LogP contribution in [0.3, 0.4) is 0 Å². The van der Waals surface area contributed by atoms with Gasteiger partial charge in [-0.05, 0) is 24.8 Å². The summed E-state index contributed by atoms with van der Waals surface area (Å²) in [5.41, 5.74) is 2.75. The largest absolute Gasteiger partial charge is 0.375 e. The summed E-state index contributed by atoms with van der Waals surface area (Å²) < 4.78 is 0. The molecule has 58 valence electrons. The molecule has 2 heteroatoms. The molecular weight excluding hydrogens is 154 g/mol. The molecule has 2 aliphatic rings. The van der Waals surface area contributed by atoms with Crippen molar-refractivity contribution in [1.82, 2.24) is 5.32 Å². The number of piperidine rings is 1. The lowest BCUT2D eigenvalue weighted by Gasteiger charge is -2.23. The molecule has 0 spiro atoms. The van der Waals surface area contributed by atoms with Crippen LogP contribution in [0.5, 0.6) is 0 Å². The van der Waals surface area contributed by atoms with E-state index in [2.05, 4.69) is 17.5 Å². The molecule has 1 saturated heterocycles. The van der Waals surface area contributed by atoms with Crippen molar-refractivity contribution < 1.29 is 0 Å². The Balaban J connectivity index is 2.31. The van der Waals surface area contributed by atoms with E-state index in [9.17, 15) is 0 Å². The van der Waals surface area contributed by atoms with Crippen LogP contribution in [0.2, 0.25) is 0 Å². The van der Waals surface area contributed by atoms with Crippen LogP contribution in [0.15, 0.2) is 23.3 Å². The smallest absolute Gasteiger partial charge is 0.106 e. The quantitative estimate of drug-likeness (QED) is 0.551. The Morgan fingerprint density at radius 1 is 1.27 bits per heavy atom. The summed E-state index contributed by atoms with van der Waals surface area (Å²) in [5.74, 6) is 0. The van der Waals surface area contributed by atoms with Crippen LogP contribution < -0.4 is 5.32 Å². The summed E-state index contributed by atoms with van der Waals surface area (Å²) in [4.78, 5) is 0.946. The third kappa shape index (κ3) is 1.23. The number of hydrogen-bond donors (Lipinski definition) is 1. The molecule has 1 aliphatic carbocycles. The highest BCUT2D eigenvalue weighted by atomic mass is 32.1. The van der Waals surface area contributed by atoms with Crippen molar-refractivity contribution in [3.63, 3.8) is 0 Å². The fourth-order valence-electron chi connectivity index (χ4n) is 1.61. The summed E-state index contributed by atoms with van der Waals surface area (Å²) in [6.07, 6.45) is 8.07. The summed E-state index contributed by atoms with van der Waals surface area (Å²) in [7, 11) is 0. The second kappa shape index (κ2) is 2.78. The highest BCUT2D eigenvalue weighted by Crippen LogP contribution is 2.24. The predicted octanol–water partition coefficient (Wildman–Crippen LogP) is 1.95. The number of thiocarbonyl (C=S) groups is 1. The van der Waals surface area contributed by atoms with Gasteiger partial charge in [0, 0.05) is 12.1 Å². The van der Waals surface area contributed by atoms with Crippen LogP contribution in [0.4, 0.5) is 0 Å². The fraction of sp³-hybridized carbons (Fsp3) is 0.444. The highest BCUT2D eigenvalue weighted by molar-refractivity contribution is 7.80. The molecule has 0 aromatic heterocycles. The lowest BCUT2D eigenvalue weighted by molar-refractivity contribution is 0.821. The van der Waals surface area contributed by atoms with Crippen molar-refractivity contribution in [3.8, 4) is 0 Å². The van der Waals surface area contributed by atoms with Gasteiger partial charge in [-0.1, -0.05) is 24.4 Å². The average Bonchev–Trinajstić information content (AvgIpc) is 2.06. The minimum absolute atomic E-state index is 0.946. The van der Waals surface area contributed by atoms with Gasteiger partial charge in [0.05, 0.1) is 0 Å². The van der Waals surface area contributed by atoms with E-state index >= 15 is 0 Å². The van der Waals surface area contributed by atoms with Gasteiger partial charge in [-0.2, -0.15) is 0 Å². The van der Waals surface area contributed by atoms with Gasteiger partial charge in [-0.25, -0.2) is 0 Å². The summed E-state index contributed by atoms with van der Waals surface area (Å²) in [6, 6.07) is 0. The zero-order valence-corrected chi connectivity index (χ0v) is 7.21. The molecule has 1 N–H and O–H groups in total. The molecule has 0 aromatic rings. The highest BCUT2D eigenvalue weighted by Gasteiger charge is 2.16. The van der Waals surface area contributed by atoms with Crippen molar-refractivity contribution in [2.75, 3.05) is 6.54 Å². The van der Waals surface area contributed by atoms with Gasteiger partial charge in [0.1, 0.15) is 4.99 Å². The molecule has 0 bridgehead atoms. The van der Waals surface area contributed by atoms with Crippen molar-refractivity contribution in [3.05, 3.63) is 23.3 Å². The maximum absolute atomic E-state index is 5.18. The Morgan fingerprint density at radius 2 is 2.09 bits per heavy atom. The second-order valence-electron chi connectivity index (χ2n) is 2.93. The minimum Gasteiger partial charge on any atom is -0.375 e. The van der Waals surface area contributed by atoms with Gasteiger partial charge in [0.15, 0.2) is 0 Å². The van der Waals surface area contributed by atoms with E-state index in [1.807, 2.05) is 0 Å². The first-order chi connectivity index (χ1) is 5.38. The van der Waals surface area contributed by atoms with E-state index < -0.39 is 0 Å². The van der Waals surface area contributed by atoms with Gasteiger partial charge >= 0.3 is 0 Å². The molecule has 1 nitrogen and oxygen atoms in total. The number of rotatable bonds is 0. The Hall–Kier alpha value is -0.630. The normalized spacial score (nSPS) is 23.1. The third-order valence-electron chi connectivity index (χ3n) is 2.18. The van der Waals surface area contributed by atoms with E-state index in [1.165, 1.54) is 17.6 Å². The van der Waals surface area contributed by atoms with Crippen LogP contribution >= 0.6 is 12.2 Å². The minimum atomic E-state index is 0.946. The van der Waals surface area contributed by atoms with E-state index in [4.69, 9.17) is 12.2 Å². The maximum atomic E-state index is 5.18. The van der Waals surface area contributed by atoms with Crippen molar-refractivity contribution in [2.45, 2.75) is 19.3 Å². The summed E-state index contributed by atoms with van der Waals surface area (Å²) >= 11 is 5.18. The monoisotopic (exact) mass is 165 g/mol. The molecule has 1 aliphatic heterocycles. The van der Waals surface area contributed by atoms with Crippen molar-refractivity contribution in [1.29, 1.82) is 0 Å². The number of allylic oxidation sites excluding steroid dienone is 2. The van der Waals surface area contributed by atoms with E-state index in [0.717, 1.165) is 24.4 Å². The van der Waals surface area contributed by atoms with E-state index in [1.54, 1.807) is 0 Å². The van der Waals surface area contributed by atoms with Crippen LogP contribution in [0, 0.1) is 0 Å². The molecule has 1 fully saturated rings. The fourth-order valence-corrected chi connectivity index (χ4v) is 1.92. The lowest BCUT2D eigenvalue weighted by Crippen LogP contribution is -2.31. The standard InChI is InChI=1S/C9H11NS/c11-9-8-4-2-1-3-7(8)5-6-10-9/h3-4H,1-2,5-6H2,(H,10,11). The SMILES string of the molecule is S=C1NCCC2=CCCC=C12. The van der Waals surface area contributed by atoms with Gasteiger partial charge in [-0.3, -0.25) is 0 Å². The zero-order valence-electron chi connectivity index (χ0n) is 6.39. The van der Waals surface area contributed by atoms with Gasteiger partial charge in [-0.15, -0.1) is 0 Å². The van der Waals surface area contributed by atoms with Crippen molar-refractivity contribution >= 4 is 17.2 Å². The third-order valence-corrected chi connectivity index (χ3v) is 2.54. The number of hydrogen-bond acceptors (Lipinski definition) is 1. The average molecular weight is 165 g/mol. The topological polar surface area (TPSA) is 12.0 Å². The summed E-state index contributed by atoms with van der Waals surface area (Å²) in [6.45, 7) is 1.02. The Morgan fingerprint density at radius 3 is 2.91 bits per heavy atom. The van der Waals surface area contributed by atoms with Gasteiger partial charge in [0.2, 0.25) is 0 Å². The van der Waals surface area contributed by atoms with Crippen LogP contribution in [-0.4, -0.2) is 11.5 Å². The van der Waals surface area contributed by atoms with E-state index in [0.29, 0.717) is 0 Å². The maximum Gasteiger partial charge on any atom is 0.106 e. The molecule has 0 atom stereocenters.